The highest BCUT2D eigenvalue weighted by Crippen LogP contribution is 1.82. The van der Waals surface area contributed by atoms with Crippen molar-refractivity contribution in [3.63, 3.8) is 0 Å². The molecule has 4 heteroatoms. The summed E-state index contributed by atoms with van der Waals surface area (Å²) in [6.45, 7) is 6.00. The molecule has 0 aromatic rings. The Labute approximate surface area is 82.1 Å². The van der Waals surface area contributed by atoms with Gasteiger partial charge in [0.05, 0.1) is 0 Å². The highest BCUT2D eigenvalue weighted by molar-refractivity contribution is 4.56. The lowest BCUT2D eigenvalue weighted by atomic mass is 10.4. The second kappa shape index (κ2) is 8.44. The molecule has 0 unspecified atom stereocenters. The van der Waals surface area contributed by atoms with Gasteiger partial charge in [-0.05, 0) is 21.1 Å². The van der Waals surface area contributed by atoms with Crippen LogP contribution in [0.5, 0.6) is 0 Å². The zero-order valence-corrected chi connectivity index (χ0v) is 9.21. The summed E-state index contributed by atoms with van der Waals surface area (Å²) in [6, 6.07) is 0. The van der Waals surface area contributed by atoms with Gasteiger partial charge in [0.25, 0.3) is 0 Å². The monoisotopic (exact) mass is 188 g/mol. The minimum Gasteiger partial charge on any atom is -0.329 e. The lowest BCUT2D eigenvalue weighted by Crippen LogP contribution is -2.35. The summed E-state index contributed by atoms with van der Waals surface area (Å²) in [7, 11) is 6.34. The summed E-state index contributed by atoms with van der Waals surface area (Å²) in [4.78, 5) is 4.52. The van der Waals surface area contributed by atoms with Crippen LogP contribution in [0, 0.1) is 0 Å². The van der Waals surface area contributed by atoms with Gasteiger partial charge in [-0.25, -0.2) is 0 Å². The maximum Gasteiger partial charge on any atom is 0.0107 e. The van der Waals surface area contributed by atoms with Gasteiger partial charge in [-0.2, -0.15) is 0 Å². The molecule has 4 nitrogen and oxygen atoms in total. The Bertz CT molecular complexity index is 106. The maximum absolute atomic E-state index is 5.36. The standard InChI is InChI=1S/C9H24N4/c1-12(2)8-9-13(3)7-6-11-5-4-10/h11H,4-10H2,1-3H3. The van der Waals surface area contributed by atoms with E-state index in [4.69, 9.17) is 5.73 Å². The van der Waals surface area contributed by atoms with Gasteiger partial charge in [0.1, 0.15) is 0 Å². The van der Waals surface area contributed by atoms with E-state index in [0.29, 0.717) is 0 Å². The fraction of sp³-hybridized carbons (Fsp3) is 1.00. The molecular formula is C9H24N4. The minimum absolute atomic E-state index is 0.724. The summed E-state index contributed by atoms with van der Waals surface area (Å²) < 4.78 is 0. The van der Waals surface area contributed by atoms with Crippen molar-refractivity contribution in [3.8, 4) is 0 Å². The van der Waals surface area contributed by atoms with Crippen molar-refractivity contribution in [1.29, 1.82) is 0 Å². The Morgan fingerprint density at radius 2 is 1.69 bits per heavy atom. The highest BCUT2D eigenvalue weighted by atomic mass is 15.2. The summed E-state index contributed by atoms with van der Waals surface area (Å²) in [5.41, 5.74) is 5.36. The molecule has 0 spiro atoms. The van der Waals surface area contributed by atoms with Gasteiger partial charge in [-0.1, -0.05) is 0 Å². The number of hydrogen-bond donors (Lipinski definition) is 2. The first-order chi connectivity index (χ1) is 6.16. The molecule has 0 amide bonds. The van der Waals surface area contributed by atoms with Gasteiger partial charge in [0.2, 0.25) is 0 Å². The molecule has 0 atom stereocenters. The van der Waals surface area contributed by atoms with E-state index in [1.165, 1.54) is 0 Å². The van der Waals surface area contributed by atoms with Crippen LogP contribution >= 0.6 is 0 Å². The Balaban J connectivity index is 3.15. The third kappa shape index (κ3) is 9.76. The number of rotatable bonds is 8. The van der Waals surface area contributed by atoms with Crippen LogP contribution in [0.2, 0.25) is 0 Å². The first-order valence-electron chi connectivity index (χ1n) is 4.91. The Hall–Kier alpha value is -0.160. The van der Waals surface area contributed by atoms with Crippen molar-refractivity contribution in [3.05, 3.63) is 0 Å². The van der Waals surface area contributed by atoms with E-state index < -0.39 is 0 Å². The predicted molar refractivity (Wildman–Crippen MR) is 58.0 cm³/mol. The molecule has 0 aromatic carbocycles. The van der Waals surface area contributed by atoms with Gasteiger partial charge >= 0.3 is 0 Å². The fourth-order valence-electron chi connectivity index (χ4n) is 0.979. The number of nitrogens with zero attached hydrogens (tertiary/aromatic N) is 2. The van der Waals surface area contributed by atoms with E-state index in [2.05, 4.69) is 36.3 Å². The molecule has 0 saturated heterocycles. The molecule has 13 heavy (non-hydrogen) atoms. The third-order valence-corrected chi connectivity index (χ3v) is 1.92. The average molecular weight is 188 g/mol. The molecule has 0 aliphatic rings. The van der Waals surface area contributed by atoms with E-state index in [9.17, 15) is 0 Å². The lowest BCUT2D eigenvalue weighted by molar-refractivity contribution is 0.282. The largest absolute Gasteiger partial charge is 0.329 e. The molecule has 0 bridgehead atoms. The van der Waals surface area contributed by atoms with Crippen molar-refractivity contribution in [2.24, 2.45) is 5.73 Å². The molecule has 0 radical (unpaired) electrons. The van der Waals surface area contributed by atoms with Crippen LogP contribution in [0.4, 0.5) is 0 Å². The average Bonchev–Trinajstić information content (AvgIpc) is 2.09. The van der Waals surface area contributed by atoms with Crippen LogP contribution in [-0.4, -0.2) is 70.2 Å². The molecule has 0 saturated carbocycles. The van der Waals surface area contributed by atoms with Crippen molar-refractivity contribution in [1.82, 2.24) is 15.1 Å². The zero-order chi connectivity index (χ0) is 10.1. The lowest BCUT2D eigenvalue weighted by Gasteiger charge is -2.19. The van der Waals surface area contributed by atoms with E-state index in [1.54, 1.807) is 0 Å². The molecule has 0 rings (SSSR count). The summed E-state index contributed by atoms with van der Waals surface area (Å²) in [5, 5.41) is 3.27. The second-order valence-corrected chi connectivity index (χ2v) is 3.65. The van der Waals surface area contributed by atoms with Crippen LogP contribution < -0.4 is 11.1 Å². The van der Waals surface area contributed by atoms with Crippen LogP contribution in [0.1, 0.15) is 0 Å². The van der Waals surface area contributed by atoms with Gasteiger partial charge in [-0.3, -0.25) is 0 Å². The Morgan fingerprint density at radius 1 is 1.00 bits per heavy atom. The summed E-state index contributed by atoms with van der Waals surface area (Å²) in [5.74, 6) is 0. The van der Waals surface area contributed by atoms with E-state index >= 15 is 0 Å². The highest BCUT2D eigenvalue weighted by Gasteiger charge is 1.97. The van der Waals surface area contributed by atoms with Gasteiger partial charge in [-0.15, -0.1) is 0 Å². The van der Waals surface area contributed by atoms with Crippen LogP contribution in [0.15, 0.2) is 0 Å². The van der Waals surface area contributed by atoms with Crippen LogP contribution in [0.3, 0.4) is 0 Å². The molecule has 0 aliphatic heterocycles. The van der Waals surface area contributed by atoms with Crippen molar-refractivity contribution in [2.45, 2.75) is 0 Å². The number of nitrogens with one attached hydrogen (secondary N) is 1. The molecule has 80 valence electrons. The van der Waals surface area contributed by atoms with Gasteiger partial charge in [0.15, 0.2) is 0 Å². The third-order valence-electron chi connectivity index (χ3n) is 1.92. The number of nitrogens with two attached hydrogens (primary N) is 1. The number of hydrogen-bond acceptors (Lipinski definition) is 4. The van der Waals surface area contributed by atoms with Crippen LogP contribution in [0.25, 0.3) is 0 Å². The summed E-state index contributed by atoms with van der Waals surface area (Å²) in [6.07, 6.45) is 0. The van der Waals surface area contributed by atoms with E-state index in [0.717, 1.165) is 39.3 Å². The molecule has 0 aromatic heterocycles. The first-order valence-corrected chi connectivity index (χ1v) is 4.91. The Morgan fingerprint density at radius 3 is 2.23 bits per heavy atom. The first kappa shape index (κ1) is 12.8. The molecule has 3 N–H and O–H groups in total. The van der Waals surface area contributed by atoms with Crippen molar-refractivity contribution < 1.29 is 0 Å². The quantitative estimate of drug-likeness (QED) is 0.481. The van der Waals surface area contributed by atoms with E-state index in [1.807, 2.05) is 0 Å². The van der Waals surface area contributed by atoms with E-state index in [-0.39, 0.29) is 0 Å². The van der Waals surface area contributed by atoms with Crippen molar-refractivity contribution >= 4 is 0 Å². The normalized spacial score (nSPS) is 11.5. The maximum atomic E-state index is 5.36. The van der Waals surface area contributed by atoms with Gasteiger partial charge < -0.3 is 20.9 Å². The van der Waals surface area contributed by atoms with Crippen molar-refractivity contribution in [2.75, 3.05) is 60.4 Å². The Kier molecular flexibility index (Phi) is 8.33. The SMILES string of the molecule is CN(C)CCN(C)CCNCCN. The molecule has 0 aliphatic carbocycles. The summed E-state index contributed by atoms with van der Waals surface area (Å²) >= 11 is 0. The smallest absolute Gasteiger partial charge is 0.0107 e. The topological polar surface area (TPSA) is 44.5 Å². The molecule has 0 heterocycles. The second-order valence-electron chi connectivity index (χ2n) is 3.65. The minimum atomic E-state index is 0.724. The molecular weight excluding hydrogens is 164 g/mol. The fourth-order valence-corrected chi connectivity index (χ4v) is 0.979. The van der Waals surface area contributed by atoms with Gasteiger partial charge in [0, 0.05) is 39.3 Å². The predicted octanol–water partition coefficient (Wildman–Crippen LogP) is -0.972. The van der Waals surface area contributed by atoms with Crippen LogP contribution in [-0.2, 0) is 0 Å². The zero-order valence-electron chi connectivity index (χ0n) is 9.21. The number of likely N-dealkylation sites (N-methyl/N-ethyl adjacent to an activating group) is 2. The molecule has 0 fully saturated rings.